The molecule has 0 aromatic heterocycles. The van der Waals surface area contributed by atoms with Gasteiger partial charge in [0.2, 0.25) is 6.79 Å². The van der Waals surface area contributed by atoms with Crippen LogP contribution in [0.15, 0.2) is 18.2 Å². The Bertz CT molecular complexity index is 543. The molecule has 0 aliphatic heterocycles. The molecule has 0 aliphatic rings. The number of phenolic OH excluding ortho intramolecular Hbond substituents is 1. The summed E-state index contributed by atoms with van der Waals surface area (Å²) in [5.74, 6) is -0.895. The molecule has 0 radical (unpaired) electrons. The SMILES string of the molecule is COC(=O)[C@@H](N)Cc1ccc(O)c(OCOP(=O)(O)O)c1. The number of phosphoric ester groups is 1. The quantitative estimate of drug-likeness (QED) is 0.306. The monoisotopic (exact) mass is 321 g/mol. The Balaban J connectivity index is 2.71. The first kappa shape index (κ1) is 17.4. The highest BCUT2D eigenvalue weighted by atomic mass is 31.2. The standard InChI is InChI=1S/C11H16NO8P/c1-18-11(14)8(12)4-7-2-3-9(13)10(5-7)19-6-20-21(15,16)17/h2-3,5,8,13H,4,6,12H2,1H3,(H2,15,16,17)/t8-/m0/s1. The van der Waals surface area contributed by atoms with E-state index in [4.69, 9.17) is 20.3 Å². The first-order valence-electron chi connectivity index (χ1n) is 5.71. The largest absolute Gasteiger partial charge is 0.504 e. The van der Waals surface area contributed by atoms with Crippen LogP contribution < -0.4 is 10.5 Å². The zero-order valence-corrected chi connectivity index (χ0v) is 12.0. The molecule has 0 saturated heterocycles. The number of methoxy groups -OCH3 is 1. The first-order valence-corrected chi connectivity index (χ1v) is 7.24. The molecular formula is C11H16NO8P. The molecule has 1 atom stereocenters. The van der Waals surface area contributed by atoms with Crippen LogP contribution in [-0.4, -0.2) is 40.8 Å². The summed E-state index contributed by atoms with van der Waals surface area (Å²) in [6.45, 7) is -0.746. The second-order valence-corrected chi connectivity index (χ2v) is 5.26. The van der Waals surface area contributed by atoms with Crippen molar-refractivity contribution < 1.29 is 38.3 Å². The number of aromatic hydroxyl groups is 1. The predicted octanol–water partition coefficient (Wildman–Crippen LogP) is -0.119. The maximum Gasteiger partial charge on any atom is 0.472 e. The van der Waals surface area contributed by atoms with E-state index in [1.54, 1.807) is 0 Å². The highest BCUT2D eigenvalue weighted by molar-refractivity contribution is 7.46. The minimum atomic E-state index is -4.66. The molecule has 21 heavy (non-hydrogen) atoms. The lowest BCUT2D eigenvalue weighted by atomic mass is 10.1. The molecule has 1 aromatic carbocycles. The minimum Gasteiger partial charge on any atom is -0.504 e. The molecule has 0 bridgehead atoms. The van der Waals surface area contributed by atoms with Crippen LogP contribution in [0.2, 0.25) is 0 Å². The Hall–Kier alpha value is -1.64. The third kappa shape index (κ3) is 6.11. The van der Waals surface area contributed by atoms with E-state index in [0.29, 0.717) is 5.56 Å². The smallest absolute Gasteiger partial charge is 0.472 e. The average molecular weight is 321 g/mol. The molecule has 1 aromatic rings. The summed E-state index contributed by atoms with van der Waals surface area (Å²) < 4.78 is 24.0. The average Bonchev–Trinajstić information content (AvgIpc) is 2.39. The number of benzene rings is 1. The zero-order valence-electron chi connectivity index (χ0n) is 11.1. The molecular weight excluding hydrogens is 305 g/mol. The fraction of sp³-hybridized carbons (Fsp3) is 0.364. The highest BCUT2D eigenvalue weighted by Crippen LogP contribution is 2.36. The van der Waals surface area contributed by atoms with Crippen molar-refractivity contribution in [3.63, 3.8) is 0 Å². The number of hydrogen-bond acceptors (Lipinski definition) is 7. The van der Waals surface area contributed by atoms with Gasteiger partial charge in [0.1, 0.15) is 6.04 Å². The van der Waals surface area contributed by atoms with Crippen molar-refractivity contribution in [3.8, 4) is 11.5 Å². The number of phenols is 1. The van der Waals surface area contributed by atoms with Gasteiger partial charge < -0.3 is 30.1 Å². The summed E-state index contributed by atoms with van der Waals surface area (Å²) in [4.78, 5) is 28.2. The maximum absolute atomic E-state index is 11.2. The van der Waals surface area contributed by atoms with E-state index in [-0.39, 0.29) is 17.9 Å². The van der Waals surface area contributed by atoms with Gasteiger partial charge in [0.25, 0.3) is 0 Å². The van der Waals surface area contributed by atoms with Gasteiger partial charge in [-0.1, -0.05) is 6.07 Å². The highest BCUT2D eigenvalue weighted by Gasteiger charge is 2.17. The molecule has 10 heteroatoms. The maximum atomic E-state index is 11.2. The summed E-state index contributed by atoms with van der Waals surface area (Å²) in [7, 11) is -3.44. The Morgan fingerprint density at radius 2 is 2.10 bits per heavy atom. The topological polar surface area (TPSA) is 149 Å². The zero-order chi connectivity index (χ0) is 16.0. The minimum absolute atomic E-state index is 0.0574. The fourth-order valence-electron chi connectivity index (χ4n) is 1.45. The second-order valence-electron chi connectivity index (χ2n) is 4.02. The lowest BCUT2D eigenvalue weighted by molar-refractivity contribution is -0.142. The van der Waals surface area contributed by atoms with Crippen LogP contribution in [0.5, 0.6) is 11.5 Å². The first-order chi connectivity index (χ1) is 9.73. The molecule has 0 fully saturated rings. The number of carbonyl (C=O) groups excluding carboxylic acids is 1. The van der Waals surface area contributed by atoms with E-state index in [9.17, 15) is 14.5 Å². The van der Waals surface area contributed by atoms with Crippen molar-refractivity contribution in [2.45, 2.75) is 12.5 Å². The van der Waals surface area contributed by atoms with Crippen LogP contribution in [0, 0.1) is 0 Å². The van der Waals surface area contributed by atoms with Gasteiger partial charge in [-0.3, -0.25) is 4.79 Å². The van der Waals surface area contributed by atoms with Crippen LogP contribution in [0.1, 0.15) is 5.56 Å². The molecule has 0 unspecified atom stereocenters. The van der Waals surface area contributed by atoms with Gasteiger partial charge in [-0.2, -0.15) is 0 Å². The number of esters is 1. The lowest BCUT2D eigenvalue weighted by Crippen LogP contribution is -2.33. The number of nitrogens with two attached hydrogens (primary N) is 1. The van der Waals surface area contributed by atoms with Gasteiger partial charge in [0.05, 0.1) is 7.11 Å². The molecule has 1 rings (SSSR count). The van der Waals surface area contributed by atoms with E-state index in [0.717, 1.165) is 0 Å². The number of carbonyl (C=O) groups is 1. The van der Waals surface area contributed by atoms with E-state index >= 15 is 0 Å². The van der Waals surface area contributed by atoms with Crippen LogP contribution in [0.4, 0.5) is 0 Å². The second kappa shape index (κ2) is 7.39. The van der Waals surface area contributed by atoms with Crippen LogP contribution in [0.3, 0.4) is 0 Å². The van der Waals surface area contributed by atoms with Crippen molar-refractivity contribution in [3.05, 3.63) is 23.8 Å². The lowest BCUT2D eigenvalue weighted by Gasteiger charge is -2.12. The van der Waals surface area contributed by atoms with Crippen molar-refractivity contribution in [1.29, 1.82) is 0 Å². The summed E-state index contributed by atoms with van der Waals surface area (Å²) in [5.41, 5.74) is 6.17. The van der Waals surface area contributed by atoms with E-state index in [1.807, 2.05) is 0 Å². The Morgan fingerprint density at radius 1 is 1.43 bits per heavy atom. The molecule has 5 N–H and O–H groups in total. The third-order valence-corrected chi connectivity index (χ3v) is 2.86. The van der Waals surface area contributed by atoms with Gasteiger partial charge in [0, 0.05) is 0 Å². The van der Waals surface area contributed by atoms with Gasteiger partial charge in [0.15, 0.2) is 11.5 Å². The summed E-state index contributed by atoms with van der Waals surface area (Å²) in [5, 5.41) is 9.56. The number of hydrogen-bond donors (Lipinski definition) is 4. The molecule has 0 aliphatic carbocycles. The van der Waals surface area contributed by atoms with Crippen LogP contribution >= 0.6 is 7.82 Å². The van der Waals surface area contributed by atoms with Gasteiger partial charge in [-0.25, -0.2) is 9.09 Å². The van der Waals surface area contributed by atoms with Crippen LogP contribution in [0.25, 0.3) is 0 Å². The molecule has 0 amide bonds. The van der Waals surface area contributed by atoms with Gasteiger partial charge in [-0.15, -0.1) is 0 Å². The fourth-order valence-corrected chi connectivity index (χ4v) is 1.64. The normalized spacial score (nSPS) is 12.8. The Morgan fingerprint density at radius 3 is 2.67 bits per heavy atom. The van der Waals surface area contributed by atoms with Crippen molar-refractivity contribution >= 4 is 13.8 Å². The summed E-state index contributed by atoms with van der Waals surface area (Å²) in [6.07, 6.45) is 0.142. The van der Waals surface area contributed by atoms with Crippen molar-refractivity contribution in [1.82, 2.24) is 0 Å². The van der Waals surface area contributed by atoms with Crippen molar-refractivity contribution in [2.75, 3.05) is 13.9 Å². The molecule has 0 heterocycles. The van der Waals surface area contributed by atoms with Gasteiger partial charge >= 0.3 is 13.8 Å². The number of rotatable bonds is 7. The molecule has 0 saturated carbocycles. The number of ether oxygens (including phenoxy) is 2. The summed E-state index contributed by atoms with van der Waals surface area (Å²) in [6, 6.07) is 3.32. The van der Waals surface area contributed by atoms with E-state index in [2.05, 4.69) is 9.26 Å². The third-order valence-electron chi connectivity index (χ3n) is 2.42. The predicted molar refractivity (Wildman–Crippen MR) is 70.4 cm³/mol. The Labute approximate surface area is 120 Å². The van der Waals surface area contributed by atoms with E-state index < -0.39 is 26.6 Å². The molecule has 118 valence electrons. The summed E-state index contributed by atoms with van der Waals surface area (Å²) >= 11 is 0. The van der Waals surface area contributed by atoms with Crippen LogP contribution in [-0.2, 0) is 25.0 Å². The number of phosphoric acid groups is 1. The molecule has 9 nitrogen and oxygen atoms in total. The van der Waals surface area contributed by atoms with Crippen molar-refractivity contribution in [2.24, 2.45) is 5.73 Å². The van der Waals surface area contributed by atoms with Gasteiger partial charge in [-0.05, 0) is 24.1 Å². The molecule has 0 spiro atoms. The van der Waals surface area contributed by atoms with E-state index in [1.165, 1.54) is 25.3 Å². The Kier molecular flexibility index (Phi) is 6.13.